The molecular weight excluding hydrogens is 136 g/mol. The monoisotopic (exact) mass is 154 g/mol. The average Bonchev–Trinajstić information content (AvgIpc) is 2.33. The van der Waals surface area contributed by atoms with Crippen molar-refractivity contribution in [3.63, 3.8) is 0 Å². The van der Waals surface area contributed by atoms with Gasteiger partial charge >= 0.3 is 0 Å². The van der Waals surface area contributed by atoms with E-state index in [9.17, 15) is 0 Å². The third-order valence-electron chi connectivity index (χ3n) is 3.43. The van der Waals surface area contributed by atoms with Crippen LogP contribution in [0.4, 0.5) is 0 Å². The first kappa shape index (κ1) is 7.56. The van der Waals surface area contributed by atoms with Crippen LogP contribution in [0.25, 0.3) is 0 Å². The Morgan fingerprint density at radius 2 is 2.09 bits per heavy atom. The molecule has 0 bridgehead atoms. The first-order valence-electron chi connectivity index (χ1n) is 4.71. The van der Waals surface area contributed by atoms with Crippen LogP contribution in [0, 0.1) is 11.8 Å². The second-order valence-electron chi connectivity index (χ2n) is 4.22. The molecule has 0 unspecified atom stereocenters. The van der Waals surface area contributed by atoms with Gasteiger partial charge in [-0.25, -0.2) is 0 Å². The van der Waals surface area contributed by atoms with Gasteiger partial charge in [0.2, 0.25) is 0 Å². The highest BCUT2D eigenvalue weighted by Gasteiger charge is 2.36. The number of nitrogens with zero attached hydrogens (tertiary/aromatic N) is 1. The molecule has 1 saturated carbocycles. The fourth-order valence-electron chi connectivity index (χ4n) is 2.66. The number of fused-ring (bicyclic) bond motifs is 1. The van der Waals surface area contributed by atoms with Crippen LogP contribution < -0.4 is 5.73 Å². The van der Waals surface area contributed by atoms with Gasteiger partial charge in [0.25, 0.3) is 0 Å². The molecule has 1 heterocycles. The van der Waals surface area contributed by atoms with E-state index in [1.165, 1.54) is 32.4 Å². The summed E-state index contributed by atoms with van der Waals surface area (Å²) in [5.41, 5.74) is 6.02. The molecule has 1 aliphatic heterocycles. The average molecular weight is 154 g/mol. The summed E-state index contributed by atoms with van der Waals surface area (Å²) < 4.78 is 0. The van der Waals surface area contributed by atoms with E-state index < -0.39 is 0 Å². The maximum atomic E-state index is 6.02. The van der Waals surface area contributed by atoms with Gasteiger partial charge in [0.05, 0.1) is 0 Å². The Morgan fingerprint density at radius 3 is 2.91 bits per heavy atom. The molecular formula is C9H18N2. The Balaban J connectivity index is 2.01. The molecule has 0 spiro atoms. The van der Waals surface area contributed by atoms with Gasteiger partial charge in [-0.05, 0) is 44.7 Å². The molecule has 0 aromatic rings. The van der Waals surface area contributed by atoms with E-state index in [2.05, 4.69) is 11.9 Å². The van der Waals surface area contributed by atoms with E-state index >= 15 is 0 Å². The zero-order chi connectivity index (χ0) is 7.84. The summed E-state index contributed by atoms with van der Waals surface area (Å²) in [6, 6.07) is 0.503. The normalized spacial score (nSPS) is 45.8. The van der Waals surface area contributed by atoms with Crippen LogP contribution in [0.3, 0.4) is 0 Å². The van der Waals surface area contributed by atoms with Gasteiger partial charge in [-0.1, -0.05) is 0 Å². The summed E-state index contributed by atoms with van der Waals surface area (Å²) in [6.45, 7) is 2.53. The second-order valence-corrected chi connectivity index (χ2v) is 4.22. The molecule has 1 saturated heterocycles. The predicted octanol–water partition coefficient (Wildman–Crippen LogP) is 0.675. The van der Waals surface area contributed by atoms with Crippen molar-refractivity contribution >= 4 is 0 Å². The lowest BCUT2D eigenvalue weighted by atomic mass is 9.87. The van der Waals surface area contributed by atoms with E-state index in [1.807, 2.05) is 0 Å². The zero-order valence-electron chi connectivity index (χ0n) is 7.29. The van der Waals surface area contributed by atoms with E-state index in [0.717, 1.165) is 11.8 Å². The molecule has 0 radical (unpaired) electrons. The number of piperidine rings is 1. The van der Waals surface area contributed by atoms with Crippen molar-refractivity contribution in [3.8, 4) is 0 Å². The van der Waals surface area contributed by atoms with Crippen molar-refractivity contribution in [1.29, 1.82) is 0 Å². The molecule has 2 aliphatic rings. The zero-order valence-corrected chi connectivity index (χ0v) is 7.29. The van der Waals surface area contributed by atoms with Crippen LogP contribution in [0.1, 0.15) is 19.3 Å². The molecule has 64 valence electrons. The van der Waals surface area contributed by atoms with Gasteiger partial charge in [0, 0.05) is 12.6 Å². The molecule has 0 aromatic heterocycles. The summed E-state index contributed by atoms with van der Waals surface area (Å²) in [7, 11) is 2.21. The highest BCUT2D eigenvalue weighted by Crippen LogP contribution is 2.36. The maximum Gasteiger partial charge on any atom is 0.00821 e. The molecule has 11 heavy (non-hydrogen) atoms. The molecule has 3 atom stereocenters. The molecule has 0 amide bonds. The predicted molar refractivity (Wildman–Crippen MR) is 46.3 cm³/mol. The number of hydrogen-bond donors (Lipinski definition) is 1. The van der Waals surface area contributed by atoms with Crippen molar-refractivity contribution in [2.24, 2.45) is 17.6 Å². The highest BCUT2D eigenvalue weighted by atomic mass is 15.1. The van der Waals surface area contributed by atoms with Crippen LogP contribution in [0.2, 0.25) is 0 Å². The molecule has 2 fully saturated rings. The van der Waals surface area contributed by atoms with Crippen molar-refractivity contribution in [2.75, 3.05) is 20.1 Å². The molecule has 2 rings (SSSR count). The Morgan fingerprint density at radius 1 is 1.27 bits per heavy atom. The minimum absolute atomic E-state index is 0.503. The van der Waals surface area contributed by atoms with Crippen molar-refractivity contribution < 1.29 is 0 Å². The number of nitrogens with two attached hydrogens (primary N) is 1. The summed E-state index contributed by atoms with van der Waals surface area (Å²) in [5.74, 6) is 1.77. The van der Waals surface area contributed by atoms with E-state index in [1.54, 1.807) is 0 Å². The van der Waals surface area contributed by atoms with Gasteiger partial charge in [-0.2, -0.15) is 0 Å². The van der Waals surface area contributed by atoms with Gasteiger partial charge < -0.3 is 10.6 Å². The fraction of sp³-hybridized carbons (Fsp3) is 1.00. The number of likely N-dealkylation sites (tertiary alicyclic amines) is 1. The lowest BCUT2D eigenvalue weighted by Crippen LogP contribution is -2.42. The maximum absolute atomic E-state index is 6.02. The SMILES string of the molecule is CN1CC[C@@H]2CC[C@@H](N)[C@@H]2C1. The molecule has 2 N–H and O–H groups in total. The topological polar surface area (TPSA) is 29.3 Å². The van der Waals surface area contributed by atoms with Crippen LogP contribution in [0.5, 0.6) is 0 Å². The lowest BCUT2D eigenvalue weighted by Gasteiger charge is -2.34. The minimum atomic E-state index is 0.503. The third-order valence-corrected chi connectivity index (χ3v) is 3.43. The van der Waals surface area contributed by atoms with Crippen LogP contribution >= 0.6 is 0 Å². The van der Waals surface area contributed by atoms with E-state index in [0.29, 0.717) is 6.04 Å². The molecule has 2 heteroatoms. The van der Waals surface area contributed by atoms with Crippen molar-refractivity contribution in [2.45, 2.75) is 25.3 Å². The van der Waals surface area contributed by atoms with Gasteiger partial charge in [0.15, 0.2) is 0 Å². The number of hydrogen-bond acceptors (Lipinski definition) is 2. The second kappa shape index (κ2) is 2.76. The van der Waals surface area contributed by atoms with E-state index in [4.69, 9.17) is 5.73 Å². The van der Waals surface area contributed by atoms with Crippen LogP contribution in [0.15, 0.2) is 0 Å². The summed E-state index contributed by atoms with van der Waals surface area (Å²) in [5, 5.41) is 0. The van der Waals surface area contributed by atoms with Crippen LogP contribution in [-0.2, 0) is 0 Å². The van der Waals surface area contributed by atoms with Crippen molar-refractivity contribution in [3.05, 3.63) is 0 Å². The Bertz CT molecular complexity index is 146. The first-order chi connectivity index (χ1) is 5.27. The van der Waals surface area contributed by atoms with Gasteiger partial charge in [0.1, 0.15) is 0 Å². The summed E-state index contributed by atoms with van der Waals surface area (Å²) >= 11 is 0. The lowest BCUT2D eigenvalue weighted by molar-refractivity contribution is 0.157. The Labute approximate surface area is 68.7 Å². The standard InChI is InChI=1S/C9H18N2/c1-11-5-4-7-2-3-9(10)8(7)6-11/h7-9H,2-6,10H2,1H3/t7-,8+,9+/m0/s1. The minimum Gasteiger partial charge on any atom is -0.327 e. The Kier molecular flexibility index (Phi) is 1.90. The van der Waals surface area contributed by atoms with Gasteiger partial charge in [-0.15, -0.1) is 0 Å². The fourth-order valence-corrected chi connectivity index (χ4v) is 2.66. The highest BCUT2D eigenvalue weighted by molar-refractivity contribution is 4.91. The van der Waals surface area contributed by atoms with E-state index in [-0.39, 0.29) is 0 Å². The van der Waals surface area contributed by atoms with Crippen LogP contribution in [-0.4, -0.2) is 31.1 Å². The quantitative estimate of drug-likeness (QED) is 0.556. The molecule has 0 aromatic carbocycles. The third kappa shape index (κ3) is 1.30. The van der Waals surface area contributed by atoms with Gasteiger partial charge in [-0.3, -0.25) is 0 Å². The first-order valence-corrected chi connectivity index (χ1v) is 4.71. The van der Waals surface area contributed by atoms with Crippen molar-refractivity contribution in [1.82, 2.24) is 4.90 Å². The number of rotatable bonds is 0. The summed E-state index contributed by atoms with van der Waals surface area (Å²) in [6.07, 6.45) is 4.04. The molecule has 1 aliphatic carbocycles. The molecule has 2 nitrogen and oxygen atoms in total. The summed E-state index contributed by atoms with van der Waals surface area (Å²) in [4.78, 5) is 2.42. The Hall–Kier alpha value is -0.0800. The largest absolute Gasteiger partial charge is 0.327 e. The smallest absolute Gasteiger partial charge is 0.00821 e.